The molecule has 0 aliphatic rings. The van der Waals surface area contributed by atoms with Crippen LogP contribution in [0.4, 0.5) is 40.3 Å². The van der Waals surface area contributed by atoms with Gasteiger partial charge >= 0.3 is 0 Å². The third-order valence-electron chi connectivity index (χ3n) is 6.32. The second-order valence-electron chi connectivity index (χ2n) is 10.4. The van der Waals surface area contributed by atoms with Crippen LogP contribution in [-0.2, 0) is 30.4 Å². The summed E-state index contributed by atoms with van der Waals surface area (Å²) < 4.78 is 107. The second-order valence-corrected chi connectivity index (χ2v) is 16.5. The van der Waals surface area contributed by atoms with Crippen molar-refractivity contribution in [2.75, 3.05) is 41.1 Å². The van der Waals surface area contributed by atoms with E-state index >= 15 is 0 Å². The molecule has 4 aromatic rings. The molecule has 0 aliphatic heterocycles. The molecule has 1 aromatic heterocycles. The van der Waals surface area contributed by atoms with Crippen LogP contribution in [0.1, 0.15) is 12.8 Å². The Labute approximate surface area is 322 Å². The van der Waals surface area contributed by atoms with Crippen molar-refractivity contribution >= 4 is 117 Å². The third-order valence-corrected chi connectivity index (χ3v) is 10.1. The van der Waals surface area contributed by atoms with E-state index < -0.39 is 46.8 Å². The summed E-state index contributed by atoms with van der Waals surface area (Å²) in [6.07, 6.45) is -0.178. The third kappa shape index (κ3) is 13.2. The lowest BCUT2D eigenvalue weighted by Crippen LogP contribution is -2.10. The summed E-state index contributed by atoms with van der Waals surface area (Å²) in [4.78, 5) is 11.7. The van der Waals surface area contributed by atoms with Crippen molar-refractivity contribution in [2.24, 2.45) is 10.2 Å². The van der Waals surface area contributed by atoms with E-state index in [1.807, 2.05) is 0 Å². The van der Waals surface area contributed by atoms with Crippen molar-refractivity contribution in [3.05, 3.63) is 62.8 Å². The predicted octanol–water partition coefficient (Wildman–Crippen LogP) is 6.53. The number of aromatic nitrogens is 3. The SMILES string of the molecule is Nc1cc(OCCCS(=O)(=O)O)c(Nc2nc(Cl)nc(Nc3cc(Cl)c(N=Nc4ccc(Cl)c(S(=O)(=O)O)c4)cc3OCCCS(=O)(=O)O)n2)cc1Cl. The van der Waals surface area contributed by atoms with Crippen molar-refractivity contribution in [1.29, 1.82) is 0 Å². The fourth-order valence-electron chi connectivity index (χ4n) is 4.04. The summed E-state index contributed by atoms with van der Waals surface area (Å²) in [5, 5.41) is 13.2. The standard InChI is InChI=1S/C27H26Cl4N8O11S3/c28-15-4-3-14(9-24(15)53(46,47)48)38-39-19-13-23(50-6-2-8-52(43,44)45)21(11-17(19)30)34-27-36-25(31)35-26(37-27)33-20-10-16(29)18(32)12-22(20)49-5-1-7-51(40,41)42/h3-4,9-13H,1-2,5-8,32H2,(H,40,41,42)(H,43,44,45)(H,46,47,48)(H2,33,34,35,36,37). The summed E-state index contributed by atoms with van der Waals surface area (Å²) in [5.41, 5.74) is 6.31. The van der Waals surface area contributed by atoms with Gasteiger partial charge in [0.1, 0.15) is 22.1 Å². The van der Waals surface area contributed by atoms with E-state index in [4.69, 9.17) is 70.7 Å². The summed E-state index contributed by atoms with van der Waals surface area (Å²) in [7, 11) is -13.2. The van der Waals surface area contributed by atoms with Crippen LogP contribution in [0, 0.1) is 0 Å². The number of nitrogens with zero attached hydrogens (tertiary/aromatic N) is 5. The normalized spacial score (nSPS) is 12.2. The number of hydrogen-bond donors (Lipinski definition) is 6. The topological polar surface area (TPSA) is 295 Å². The monoisotopic (exact) mass is 874 g/mol. The number of anilines is 5. The molecular weight excluding hydrogens is 850 g/mol. The molecule has 4 rings (SSSR count). The van der Waals surface area contributed by atoms with Crippen LogP contribution >= 0.6 is 46.4 Å². The lowest BCUT2D eigenvalue weighted by Gasteiger charge is -2.16. The molecule has 0 unspecified atom stereocenters. The van der Waals surface area contributed by atoms with E-state index in [1.54, 1.807) is 0 Å². The van der Waals surface area contributed by atoms with Crippen molar-refractivity contribution in [3.8, 4) is 11.5 Å². The van der Waals surface area contributed by atoms with Crippen molar-refractivity contribution < 1.29 is 48.4 Å². The van der Waals surface area contributed by atoms with Gasteiger partial charge in [-0.2, -0.15) is 45.3 Å². The first-order chi connectivity index (χ1) is 24.7. The van der Waals surface area contributed by atoms with Gasteiger partial charge < -0.3 is 25.8 Å². The highest BCUT2D eigenvalue weighted by Crippen LogP contribution is 2.39. The highest BCUT2D eigenvalue weighted by atomic mass is 35.5. The fraction of sp³-hybridized carbons (Fsp3) is 0.222. The first-order valence-electron chi connectivity index (χ1n) is 14.4. The maximum Gasteiger partial charge on any atom is 0.296 e. The molecule has 53 heavy (non-hydrogen) atoms. The van der Waals surface area contributed by atoms with Crippen LogP contribution in [0.5, 0.6) is 11.5 Å². The lowest BCUT2D eigenvalue weighted by molar-refractivity contribution is 0.317. The number of hydrogen-bond acceptors (Lipinski definition) is 16. The van der Waals surface area contributed by atoms with Crippen LogP contribution in [0.25, 0.3) is 0 Å². The molecule has 26 heteroatoms. The molecule has 0 atom stereocenters. The van der Waals surface area contributed by atoms with Gasteiger partial charge in [0.05, 0.1) is 62.5 Å². The smallest absolute Gasteiger partial charge is 0.296 e. The fourth-order valence-corrected chi connectivity index (χ4v) is 6.52. The number of nitrogen functional groups attached to an aromatic ring is 1. The van der Waals surface area contributed by atoms with E-state index in [1.165, 1.54) is 36.4 Å². The van der Waals surface area contributed by atoms with E-state index in [9.17, 15) is 29.8 Å². The molecule has 0 spiro atoms. The highest BCUT2D eigenvalue weighted by Gasteiger charge is 2.18. The molecule has 0 fully saturated rings. The largest absolute Gasteiger partial charge is 0.491 e. The van der Waals surface area contributed by atoms with Crippen molar-refractivity contribution in [2.45, 2.75) is 17.7 Å². The zero-order valence-corrected chi connectivity index (χ0v) is 31.9. The number of ether oxygens (including phenoxy) is 2. The van der Waals surface area contributed by atoms with Crippen LogP contribution in [-0.4, -0.2) is 78.6 Å². The number of nitrogens with two attached hydrogens (primary N) is 1. The minimum atomic E-state index is -4.67. The number of benzene rings is 3. The average Bonchev–Trinajstić information content (AvgIpc) is 3.02. The molecule has 0 saturated heterocycles. The van der Waals surface area contributed by atoms with Crippen LogP contribution in [0.2, 0.25) is 20.4 Å². The number of halogens is 4. The van der Waals surface area contributed by atoms with E-state index in [-0.39, 0.29) is 98.2 Å². The Balaban J connectivity index is 1.64. The average molecular weight is 877 g/mol. The van der Waals surface area contributed by atoms with Crippen molar-refractivity contribution in [1.82, 2.24) is 15.0 Å². The molecule has 0 bridgehead atoms. The molecule has 0 radical (unpaired) electrons. The van der Waals surface area contributed by atoms with Crippen LogP contribution in [0.3, 0.4) is 0 Å². The number of nitrogens with one attached hydrogen (secondary N) is 2. The Morgan fingerprint density at radius 1 is 0.679 bits per heavy atom. The van der Waals surface area contributed by atoms with Gasteiger partial charge in [-0.15, -0.1) is 5.11 Å². The number of azo groups is 1. The molecule has 19 nitrogen and oxygen atoms in total. The Morgan fingerprint density at radius 3 is 1.74 bits per heavy atom. The van der Waals surface area contributed by atoms with E-state index in [2.05, 4.69) is 35.8 Å². The Morgan fingerprint density at radius 2 is 1.21 bits per heavy atom. The molecule has 0 saturated carbocycles. The molecule has 0 amide bonds. The summed E-state index contributed by atoms with van der Waals surface area (Å²) in [6, 6.07) is 8.86. The first-order valence-corrected chi connectivity index (χ1v) is 20.6. The van der Waals surface area contributed by atoms with Gasteiger partial charge in [0.2, 0.25) is 17.2 Å². The first kappa shape index (κ1) is 41.9. The molecule has 7 N–H and O–H groups in total. The van der Waals surface area contributed by atoms with E-state index in [0.717, 1.165) is 6.07 Å². The van der Waals surface area contributed by atoms with Gasteiger partial charge in [0.25, 0.3) is 30.4 Å². The zero-order valence-electron chi connectivity index (χ0n) is 26.4. The summed E-state index contributed by atoms with van der Waals surface area (Å²) in [6.45, 7) is -0.355. The minimum absolute atomic E-state index is 0.00496. The maximum absolute atomic E-state index is 11.6. The predicted molar refractivity (Wildman–Crippen MR) is 197 cm³/mol. The molecule has 0 aliphatic carbocycles. The second kappa shape index (κ2) is 17.5. The van der Waals surface area contributed by atoms with Gasteiger partial charge in [-0.3, -0.25) is 13.7 Å². The Hall–Kier alpha value is -3.84. The summed E-state index contributed by atoms with van der Waals surface area (Å²) in [5.74, 6) is -1.34. The zero-order chi connectivity index (χ0) is 39.1. The van der Waals surface area contributed by atoms with Gasteiger partial charge in [0.15, 0.2) is 0 Å². The van der Waals surface area contributed by atoms with Gasteiger partial charge in [-0.1, -0.05) is 34.8 Å². The Bertz CT molecular complexity index is 2370. The van der Waals surface area contributed by atoms with Crippen LogP contribution < -0.4 is 25.8 Å². The minimum Gasteiger partial charge on any atom is -0.491 e. The molecule has 1 heterocycles. The maximum atomic E-state index is 11.6. The Kier molecular flexibility index (Phi) is 13.9. The molecular formula is C27H26Cl4N8O11S3. The summed E-state index contributed by atoms with van der Waals surface area (Å²) >= 11 is 24.7. The van der Waals surface area contributed by atoms with Gasteiger partial charge in [0, 0.05) is 12.1 Å². The van der Waals surface area contributed by atoms with Crippen LogP contribution in [0.15, 0.2) is 57.6 Å². The molecule has 3 aromatic carbocycles. The van der Waals surface area contributed by atoms with Crippen molar-refractivity contribution in [3.63, 3.8) is 0 Å². The van der Waals surface area contributed by atoms with E-state index in [0.29, 0.717) is 0 Å². The number of rotatable bonds is 17. The lowest BCUT2D eigenvalue weighted by atomic mass is 10.2. The highest BCUT2D eigenvalue weighted by molar-refractivity contribution is 7.86. The van der Waals surface area contributed by atoms with Gasteiger partial charge in [-0.05, 0) is 54.8 Å². The molecule has 286 valence electrons. The van der Waals surface area contributed by atoms with Gasteiger partial charge in [-0.25, -0.2) is 0 Å². The quantitative estimate of drug-likeness (QED) is 0.0284.